The van der Waals surface area contributed by atoms with Crippen LogP contribution >= 0.6 is 11.6 Å². The highest BCUT2D eigenvalue weighted by Crippen LogP contribution is 2.17. The Labute approximate surface area is 134 Å². The summed E-state index contributed by atoms with van der Waals surface area (Å²) in [5.74, 6) is 0. The van der Waals surface area contributed by atoms with E-state index in [2.05, 4.69) is 62.2 Å². The maximum atomic E-state index is 6.04. The molecular weight excluding hydrogens is 294 g/mol. The van der Waals surface area contributed by atoms with Crippen LogP contribution in [-0.4, -0.2) is 8.07 Å². The van der Waals surface area contributed by atoms with Gasteiger partial charge in [-0.15, -0.1) is 0 Å². The Morgan fingerprint density at radius 2 is 1.71 bits per heavy atom. The molecule has 0 aliphatic heterocycles. The molecule has 0 aromatic heterocycles. The van der Waals surface area contributed by atoms with Crippen molar-refractivity contribution in [1.29, 1.82) is 0 Å². The summed E-state index contributed by atoms with van der Waals surface area (Å²) >= 11 is 6.04. The second-order valence-corrected chi connectivity index (χ2v) is 12.1. The molecule has 2 aromatic carbocycles. The molecule has 0 saturated heterocycles. The lowest BCUT2D eigenvalue weighted by Crippen LogP contribution is -2.37. The molecule has 0 saturated carbocycles. The molecule has 0 heterocycles. The van der Waals surface area contributed by atoms with Gasteiger partial charge in [-0.2, -0.15) is 0 Å². The predicted octanol–water partition coefficient (Wildman–Crippen LogP) is 4.74. The van der Waals surface area contributed by atoms with Crippen molar-refractivity contribution < 1.29 is 0 Å². The lowest BCUT2D eigenvalue weighted by molar-refractivity contribution is 0.575. The van der Waals surface area contributed by atoms with Crippen molar-refractivity contribution in [1.82, 2.24) is 5.32 Å². The van der Waals surface area contributed by atoms with E-state index in [0.717, 1.165) is 11.6 Å². The minimum absolute atomic E-state index is 0.292. The minimum Gasteiger partial charge on any atom is -0.306 e. The normalized spacial score (nSPS) is 13.2. The van der Waals surface area contributed by atoms with E-state index in [1.165, 1.54) is 16.3 Å². The average molecular weight is 318 g/mol. The quantitative estimate of drug-likeness (QED) is 0.786. The highest BCUT2D eigenvalue weighted by atomic mass is 35.5. The zero-order valence-corrected chi connectivity index (χ0v) is 15.0. The van der Waals surface area contributed by atoms with E-state index in [-0.39, 0.29) is 0 Å². The van der Waals surface area contributed by atoms with Gasteiger partial charge in [-0.25, -0.2) is 0 Å². The highest BCUT2D eigenvalue weighted by Gasteiger charge is 2.15. The third kappa shape index (κ3) is 4.70. The minimum atomic E-state index is -1.20. The SMILES string of the molecule is C[C@@H](NCc1ccc([Si](C)(C)C)cc1)c1cccc(Cl)c1. The van der Waals surface area contributed by atoms with Gasteiger partial charge in [0.15, 0.2) is 0 Å². The standard InChI is InChI=1S/C18H24ClNSi/c1-14(16-6-5-7-17(19)12-16)20-13-15-8-10-18(11-9-15)21(2,3)4/h5-12,14,20H,13H2,1-4H3/t14-/m1/s1. The van der Waals surface area contributed by atoms with Crippen molar-refractivity contribution in [2.75, 3.05) is 0 Å². The fourth-order valence-electron chi connectivity index (χ4n) is 2.29. The summed E-state index contributed by atoms with van der Waals surface area (Å²) < 4.78 is 0. The summed E-state index contributed by atoms with van der Waals surface area (Å²) in [6.45, 7) is 10.2. The van der Waals surface area contributed by atoms with Gasteiger partial charge in [-0.1, -0.05) is 72.8 Å². The monoisotopic (exact) mass is 317 g/mol. The molecule has 1 nitrogen and oxygen atoms in total. The van der Waals surface area contributed by atoms with E-state index in [0.29, 0.717) is 6.04 Å². The first-order chi connectivity index (χ1) is 9.86. The molecule has 0 radical (unpaired) electrons. The first-order valence-corrected chi connectivity index (χ1v) is 11.3. The van der Waals surface area contributed by atoms with Crippen LogP contribution in [-0.2, 0) is 6.54 Å². The van der Waals surface area contributed by atoms with Crippen molar-refractivity contribution in [3.63, 3.8) is 0 Å². The molecular formula is C18H24ClNSi. The van der Waals surface area contributed by atoms with E-state index < -0.39 is 8.07 Å². The number of rotatable bonds is 5. The lowest BCUT2D eigenvalue weighted by atomic mass is 10.1. The largest absolute Gasteiger partial charge is 0.306 e. The van der Waals surface area contributed by atoms with E-state index in [4.69, 9.17) is 11.6 Å². The molecule has 1 N–H and O–H groups in total. The molecule has 112 valence electrons. The van der Waals surface area contributed by atoms with E-state index in [9.17, 15) is 0 Å². The third-order valence-electron chi connectivity index (χ3n) is 3.78. The Bertz CT molecular complexity index is 587. The summed E-state index contributed by atoms with van der Waals surface area (Å²) in [4.78, 5) is 0. The molecule has 0 bridgehead atoms. The summed E-state index contributed by atoms with van der Waals surface area (Å²) in [6.07, 6.45) is 0. The first kappa shape index (κ1) is 16.3. The second-order valence-electron chi connectivity index (χ2n) is 6.60. The van der Waals surface area contributed by atoms with E-state index in [1.807, 2.05) is 18.2 Å². The highest BCUT2D eigenvalue weighted by molar-refractivity contribution is 6.88. The van der Waals surface area contributed by atoms with Gasteiger partial charge in [0, 0.05) is 17.6 Å². The van der Waals surface area contributed by atoms with Crippen molar-refractivity contribution in [3.05, 3.63) is 64.7 Å². The van der Waals surface area contributed by atoms with Gasteiger partial charge >= 0.3 is 0 Å². The molecule has 3 heteroatoms. The van der Waals surface area contributed by atoms with Crippen LogP contribution in [0.15, 0.2) is 48.5 Å². The molecule has 0 aliphatic rings. The average Bonchev–Trinajstić information content (AvgIpc) is 2.44. The predicted molar refractivity (Wildman–Crippen MR) is 96.1 cm³/mol. The molecule has 0 amide bonds. The second kappa shape index (κ2) is 6.78. The molecule has 1 atom stereocenters. The van der Waals surface area contributed by atoms with Crippen LogP contribution in [0.1, 0.15) is 24.1 Å². The van der Waals surface area contributed by atoms with Gasteiger partial charge in [-0.3, -0.25) is 0 Å². The molecule has 0 aliphatic carbocycles. The zero-order chi connectivity index (χ0) is 15.5. The number of hydrogen-bond donors (Lipinski definition) is 1. The van der Waals surface area contributed by atoms with Crippen LogP contribution in [0.25, 0.3) is 0 Å². The first-order valence-electron chi connectivity index (χ1n) is 7.44. The van der Waals surface area contributed by atoms with Gasteiger partial charge in [0.2, 0.25) is 0 Å². The van der Waals surface area contributed by atoms with Gasteiger partial charge in [-0.05, 0) is 30.2 Å². The molecule has 0 unspecified atom stereocenters. The van der Waals surface area contributed by atoms with Gasteiger partial charge in [0.05, 0.1) is 8.07 Å². The van der Waals surface area contributed by atoms with Crippen LogP contribution in [0, 0.1) is 0 Å². The summed E-state index contributed by atoms with van der Waals surface area (Å²) in [7, 11) is -1.20. The zero-order valence-electron chi connectivity index (χ0n) is 13.3. The van der Waals surface area contributed by atoms with Gasteiger partial charge < -0.3 is 5.32 Å². The number of hydrogen-bond acceptors (Lipinski definition) is 1. The Kier molecular flexibility index (Phi) is 5.25. The summed E-state index contributed by atoms with van der Waals surface area (Å²) in [5, 5.41) is 5.85. The van der Waals surface area contributed by atoms with E-state index >= 15 is 0 Å². The molecule has 0 spiro atoms. The molecule has 0 fully saturated rings. The van der Waals surface area contributed by atoms with Crippen molar-refractivity contribution in [2.45, 2.75) is 39.2 Å². The number of halogens is 1. The Hall–Kier alpha value is -1.09. The van der Waals surface area contributed by atoms with Crippen LogP contribution < -0.4 is 10.5 Å². The van der Waals surface area contributed by atoms with Crippen LogP contribution in [0.3, 0.4) is 0 Å². The van der Waals surface area contributed by atoms with Crippen molar-refractivity contribution >= 4 is 24.9 Å². The summed E-state index contributed by atoms with van der Waals surface area (Å²) in [6, 6.07) is 17.4. The van der Waals surface area contributed by atoms with Gasteiger partial charge in [0.25, 0.3) is 0 Å². The number of benzene rings is 2. The fraction of sp³-hybridized carbons (Fsp3) is 0.333. The van der Waals surface area contributed by atoms with Crippen molar-refractivity contribution in [2.24, 2.45) is 0 Å². The number of nitrogens with one attached hydrogen (secondary N) is 1. The maximum absolute atomic E-state index is 6.04. The summed E-state index contributed by atoms with van der Waals surface area (Å²) in [5.41, 5.74) is 2.55. The third-order valence-corrected chi connectivity index (χ3v) is 6.08. The molecule has 21 heavy (non-hydrogen) atoms. The molecule has 2 rings (SSSR count). The van der Waals surface area contributed by atoms with Crippen molar-refractivity contribution in [3.8, 4) is 0 Å². The van der Waals surface area contributed by atoms with Crippen LogP contribution in [0.4, 0.5) is 0 Å². The van der Waals surface area contributed by atoms with E-state index in [1.54, 1.807) is 0 Å². The van der Waals surface area contributed by atoms with Gasteiger partial charge in [0.1, 0.15) is 0 Å². The van der Waals surface area contributed by atoms with Crippen LogP contribution in [0.5, 0.6) is 0 Å². The fourth-order valence-corrected chi connectivity index (χ4v) is 3.65. The Balaban J connectivity index is 1.97. The topological polar surface area (TPSA) is 12.0 Å². The smallest absolute Gasteiger partial charge is 0.0775 e. The Morgan fingerprint density at radius 3 is 2.29 bits per heavy atom. The molecule has 2 aromatic rings. The Morgan fingerprint density at radius 1 is 1.05 bits per heavy atom. The van der Waals surface area contributed by atoms with Crippen LogP contribution in [0.2, 0.25) is 24.7 Å². The lowest BCUT2D eigenvalue weighted by Gasteiger charge is -2.18. The maximum Gasteiger partial charge on any atom is 0.0775 e.